The second-order valence-electron chi connectivity index (χ2n) is 3.53. The highest BCUT2D eigenvalue weighted by atomic mass is 35.5. The SMILES string of the molecule is COC(=O)C(C)NC(=O)C(Cl)c1ccccc1. The average molecular weight is 256 g/mol. The van der Waals surface area contributed by atoms with Crippen LogP contribution in [-0.2, 0) is 14.3 Å². The zero-order valence-electron chi connectivity index (χ0n) is 9.64. The third-order valence-electron chi connectivity index (χ3n) is 2.24. The summed E-state index contributed by atoms with van der Waals surface area (Å²) in [6.07, 6.45) is 0. The second-order valence-corrected chi connectivity index (χ2v) is 3.96. The molecule has 0 aromatic heterocycles. The van der Waals surface area contributed by atoms with E-state index in [1.54, 1.807) is 31.2 Å². The van der Waals surface area contributed by atoms with Crippen LogP contribution in [0.15, 0.2) is 30.3 Å². The fourth-order valence-electron chi connectivity index (χ4n) is 1.30. The molecule has 17 heavy (non-hydrogen) atoms. The summed E-state index contributed by atoms with van der Waals surface area (Å²) in [6.45, 7) is 1.54. The first-order chi connectivity index (χ1) is 8.06. The molecule has 2 unspecified atom stereocenters. The van der Waals surface area contributed by atoms with Crippen LogP contribution in [0.1, 0.15) is 17.9 Å². The first kappa shape index (κ1) is 13.5. The van der Waals surface area contributed by atoms with Gasteiger partial charge in [0.05, 0.1) is 7.11 Å². The summed E-state index contributed by atoms with van der Waals surface area (Å²) in [5.41, 5.74) is 0.684. The molecule has 1 aromatic carbocycles. The first-order valence-electron chi connectivity index (χ1n) is 5.13. The van der Waals surface area contributed by atoms with Gasteiger partial charge >= 0.3 is 5.97 Å². The molecular weight excluding hydrogens is 242 g/mol. The van der Waals surface area contributed by atoms with Crippen molar-refractivity contribution in [3.05, 3.63) is 35.9 Å². The van der Waals surface area contributed by atoms with Gasteiger partial charge in [-0.15, -0.1) is 11.6 Å². The maximum atomic E-state index is 11.7. The maximum Gasteiger partial charge on any atom is 0.328 e. The van der Waals surface area contributed by atoms with E-state index in [1.807, 2.05) is 6.07 Å². The summed E-state index contributed by atoms with van der Waals surface area (Å²) in [7, 11) is 1.26. The molecule has 1 N–H and O–H groups in total. The normalized spacial score (nSPS) is 13.6. The van der Waals surface area contributed by atoms with Gasteiger partial charge < -0.3 is 10.1 Å². The predicted molar refractivity (Wildman–Crippen MR) is 64.7 cm³/mol. The van der Waals surface area contributed by atoms with Gasteiger partial charge in [-0.25, -0.2) is 4.79 Å². The van der Waals surface area contributed by atoms with Crippen LogP contribution in [0.25, 0.3) is 0 Å². The van der Waals surface area contributed by atoms with E-state index >= 15 is 0 Å². The molecule has 92 valence electrons. The van der Waals surface area contributed by atoms with Gasteiger partial charge in [0.2, 0.25) is 5.91 Å². The minimum absolute atomic E-state index is 0.421. The van der Waals surface area contributed by atoms with Crippen LogP contribution in [-0.4, -0.2) is 25.0 Å². The molecule has 0 aliphatic heterocycles. The Morgan fingerprint density at radius 3 is 2.41 bits per heavy atom. The van der Waals surface area contributed by atoms with Crippen LogP contribution in [0.3, 0.4) is 0 Å². The molecule has 1 aromatic rings. The van der Waals surface area contributed by atoms with Gasteiger partial charge in [-0.2, -0.15) is 0 Å². The van der Waals surface area contributed by atoms with E-state index in [1.165, 1.54) is 7.11 Å². The van der Waals surface area contributed by atoms with Crippen molar-refractivity contribution in [1.29, 1.82) is 0 Å². The Bertz CT molecular complexity index is 394. The van der Waals surface area contributed by atoms with Crippen LogP contribution in [0.2, 0.25) is 0 Å². The zero-order valence-corrected chi connectivity index (χ0v) is 10.4. The van der Waals surface area contributed by atoms with Gasteiger partial charge in [0.15, 0.2) is 0 Å². The molecule has 1 rings (SSSR count). The van der Waals surface area contributed by atoms with E-state index < -0.39 is 23.3 Å². The van der Waals surface area contributed by atoms with Crippen molar-refractivity contribution in [2.75, 3.05) is 7.11 Å². The van der Waals surface area contributed by atoms with Crippen molar-refractivity contribution in [3.8, 4) is 0 Å². The van der Waals surface area contributed by atoms with Gasteiger partial charge in [0, 0.05) is 0 Å². The van der Waals surface area contributed by atoms with Crippen molar-refractivity contribution in [2.24, 2.45) is 0 Å². The van der Waals surface area contributed by atoms with E-state index in [0.29, 0.717) is 5.56 Å². The van der Waals surface area contributed by atoms with Gasteiger partial charge in [0.1, 0.15) is 11.4 Å². The van der Waals surface area contributed by atoms with Crippen LogP contribution >= 0.6 is 11.6 Å². The van der Waals surface area contributed by atoms with Gasteiger partial charge in [-0.05, 0) is 12.5 Å². The van der Waals surface area contributed by atoms with Crippen molar-refractivity contribution >= 4 is 23.5 Å². The number of carbonyl (C=O) groups is 2. The first-order valence-corrected chi connectivity index (χ1v) is 5.57. The van der Waals surface area contributed by atoms with E-state index in [9.17, 15) is 9.59 Å². The third kappa shape index (κ3) is 3.75. The number of ether oxygens (including phenoxy) is 1. The number of esters is 1. The number of benzene rings is 1. The molecule has 0 aliphatic rings. The highest BCUT2D eigenvalue weighted by Crippen LogP contribution is 2.19. The molecule has 0 saturated carbocycles. The Morgan fingerprint density at radius 1 is 1.29 bits per heavy atom. The monoisotopic (exact) mass is 255 g/mol. The number of hydrogen-bond acceptors (Lipinski definition) is 3. The number of carbonyl (C=O) groups excluding carboxylic acids is 2. The van der Waals surface area contributed by atoms with Crippen LogP contribution in [0, 0.1) is 0 Å². The van der Waals surface area contributed by atoms with Crippen molar-refractivity contribution in [2.45, 2.75) is 18.3 Å². The summed E-state index contributed by atoms with van der Waals surface area (Å²) in [5.74, 6) is -0.925. The molecule has 0 fully saturated rings. The largest absolute Gasteiger partial charge is 0.467 e. The summed E-state index contributed by atoms with van der Waals surface area (Å²) < 4.78 is 4.50. The number of halogens is 1. The van der Waals surface area contributed by atoms with E-state index in [2.05, 4.69) is 10.1 Å². The smallest absolute Gasteiger partial charge is 0.328 e. The average Bonchev–Trinajstić information content (AvgIpc) is 2.37. The molecule has 4 nitrogen and oxygen atoms in total. The predicted octanol–water partition coefficient (Wildman–Crippen LogP) is 1.64. The Kier molecular flexibility index (Phi) is 4.97. The number of nitrogens with one attached hydrogen (secondary N) is 1. The number of methoxy groups -OCH3 is 1. The molecule has 0 aliphatic carbocycles. The van der Waals surface area contributed by atoms with Gasteiger partial charge in [0.25, 0.3) is 0 Å². The molecule has 2 atom stereocenters. The molecule has 0 radical (unpaired) electrons. The van der Waals surface area contributed by atoms with E-state index in [4.69, 9.17) is 11.6 Å². The molecule has 0 saturated heterocycles. The fraction of sp³-hybridized carbons (Fsp3) is 0.333. The Morgan fingerprint density at radius 2 is 1.88 bits per heavy atom. The van der Waals surface area contributed by atoms with Gasteiger partial charge in [-0.3, -0.25) is 4.79 Å². The standard InChI is InChI=1S/C12H14ClNO3/c1-8(12(16)17-2)14-11(15)10(13)9-6-4-3-5-7-9/h3-8,10H,1-2H3,(H,14,15). The van der Waals surface area contributed by atoms with Crippen LogP contribution in [0.4, 0.5) is 0 Å². The lowest BCUT2D eigenvalue weighted by molar-refractivity contribution is -0.144. The van der Waals surface area contributed by atoms with Crippen molar-refractivity contribution < 1.29 is 14.3 Å². The maximum absolute atomic E-state index is 11.7. The van der Waals surface area contributed by atoms with Crippen molar-refractivity contribution in [3.63, 3.8) is 0 Å². The highest BCUT2D eigenvalue weighted by Gasteiger charge is 2.22. The van der Waals surface area contributed by atoms with Crippen LogP contribution in [0.5, 0.6) is 0 Å². The second kappa shape index (κ2) is 6.25. The zero-order chi connectivity index (χ0) is 12.8. The molecule has 0 bridgehead atoms. The summed E-state index contributed by atoms with van der Waals surface area (Å²) >= 11 is 5.98. The summed E-state index contributed by atoms with van der Waals surface area (Å²) in [4.78, 5) is 22.8. The van der Waals surface area contributed by atoms with Crippen LogP contribution < -0.4 is 5.32 Å². The Balaban J connectivity index is 2.62. The van der Waals surface area contributed by atoms with E-state index in [0.717, 1.165) is 0 Å². The quantitative estimate of drug-likeness (QED) is 0.657. The lowest BCUT2D eigenvalue weighted by atomic mass is 10.1. The lowest BCUT2D eigenvalue weighted by Gasteiger charge is -2.14. The highest BCUT2D eigenvalue weighted by molar-refractivity contribution is 6.30. The molecule has 1 amide bonds. The summed E-state index contributed by atoms with van der Waals surface area (Å²) in [5, 5.41) is 1.67. The van der Waals surface area contributed by atoms with E-state index in [-0.39, 0.29) is 0 Å². The number of hydrogen-bond donors (Lipinski definition) is 1. The molecule has 0 spiro atoms. The minimum Gasteiger partial charge on any atom is -0.467 e. The Hall–Kier alpha value is -1.55. The molecule has 0 heterocycles. The Labute approximate surface area is 105 Å². The summed E-state index contributed by atoms with van der Waals surface area (Å²) in [6, 6.07) is 8.21. The molecule has 5 heteroatoms. The molecular formula is C12H14ClNO3. The number of rotatable bonds is 4. The van der Waals surface area contributed by atoms with Gasteiger partial charge in [-0.1, -0.05) is 30.3 Å². The number of amides is 1. The number of alkyl halides is 1. The topological polar surface area (TPSA) is 55.4 Å². The third-order valence-corrected chi connectivity index (χ3v) is 2.69. The van der Waals surface area contributed by atoms with Crippen molar-refractivity contribution in [1.82, 2.24) is 5.32 Å². The lowest BCUT2D eigenvalue weighted by Crippen LogP contribution is -2.40. The minimum atomic E-state index is -0.816. The fourth-order valence-corrected chi connectivity index (χ4v) is 1.50.